The molecular formula is C25H29N3O2. The van der Waals surface area contributed by atoms with Crippen molar-refractivity contribution in [3.63, 3.8) is 0 Å². The lowest BCUT2D eigenvalue weighted by Crippen LogP contribution is -2.58. The third-order valence-corrected chi connectivity index (χ3v) is 9.96. The van der Waals surface area contributed by atoms with Crippen molar-refractivity contribution in [2.24, 2.45) is 23.2 Å². The second kappa shape index (κ2) is 5.42. The number of hydrogen-bond donors (Lipinski definition) is 0. The minimum atomic E-state index is -0.134. The van der Waals surface area contributed by atoms with Crippen LogP contribution in [0.3, 0.4) is 0 Å². The summed E-state index contributed by atoms with van der Waals surface area (Å²) < 4.78 is 6.20. The number of epoxide rings is 1. The molecule has 0 bridgehead atoms. The lowest BCUT2D eigenvalue weighted by Gasteiger charge is -2.58. The third kappa shape index (κ3) is 1.92. The zero-order valence-corrected chi connectivity index (χ0v) is 17.8. The van der Waals surface area contributed by atoms with E-state index in [1.54, 1.807) is 0 Å². The number of hydrogen-bond acceptors (Lipinski definition) is 4. The molecule has 1 spiro atoms. The van der Waals surface area contributed by atoms with Crippen LogP contribution >= 0.6 is 0 Å². The Morgan fingerprint density at radius 1 is 1.03 bits per heavy atom. The van der Waals surface area contributed by atoms with E-state index in [1.807, 2.05) is 23.0 Å². The van der Waals surface area contributed by atoms with Crippen LogP contribution in [0.15, 0.2) is 30.3 Å². The van der Waals surface area contributed by atoms with E-state index in [2.05, 4.69) is 26.0 Å². The average Bonchev–Trinajstić information content (AvgIpc) is 3.25. The summed E-state index contributed by atoms with van der Waals surface area (Å²) in [6, 6.07) is 10.3. The first-order chi connectivity index (χ1) is 14.5. The molecular weight excluding hydrogens is 374 g/mol. The highest BCUT2D eigenvalue weighted by atomic mass is 16.6. The molecule has 7 atom stereocenters. The number of carbonyl (C=O) groups is 1. The van der Waals surface area contributed by atoms with Gasteiger partial charge < -0.3 is 4.74 Å². The summed E-state index contributed by atoms with van der Waals surface area (Å²) in [5.41, 5.74) is 3.63. The summed E-state index contributed by atoms with van der Waals surface area (Å²) in [4.78, 5) is 14.2. The molecule has 0 unspecified atom stereocenters. The first-order valence-corrected chi connectivity index (χ1v) is 11.7. The minimum absolute atomic E-state index is 0.0957. The summed E-state index contributed by atoms with van der Waals surface area (Å²) in [5.74, 6) is 2.33. The monoisotopic (exact) mass is 403 g/mol. The van der Waals surface area contributed by atoms with E-state index in [9.17, 15) is 4.79 Å². The first kappa shape index (κ1) is 17.6. The van der Waals surface area contributed by atoms with Crippen molar-refractivity contribution in [2.45, 2.75) is 75.9 Å². The van der Waals surface area contributed by atoms with Crippen molar-refractivity contribution in [1.29, 1.82) is 0 Å². The minimum Gasteiger partial charge on any atom is -0.357 e. The topological polar surface area (TPSA) is 60.3 Å². The zero-order valence-electron chi connectivity index (χ0n) is 17.8. The van der Waals surface area contributed by atoms with Crippen LogP contribution in [0, 0.1) is 23.2 Å². The lowest BCUT2D eigenvalue weighted by molar-refractivity contribution is -0.127. The highest BCUT2D eigenvalue weighted by Gasteiger charge is 2.76. The molecule has 1 aliphatic heterocycles. The van der Waals surface area contributed by atoms with Gasteiger partial charge in [0.05, 0.1) is 17.1 Å². The van der Waals surface area contributed by atoms with Gasteiger partial charge in [-0.25, -0.2) is 0 Å². The molecule has 2 aromatic rings. The second-order valence-corrected chi connectivity index (χ2v) is 11.0. The van der Waals surface area contributed by atoms with Crippen LogP contribution in [0.5, 0.6) is 0 Å². The van der Waals surface area contributed by atoms with Crippen LogP contribution < -0.4 is 0 Å². The van der Waals surface area contributed by atoms with Crippen molar-refractivity contribution in [2.75, 3.05) is 0 Å². The summed E-state index contributed by atoms with van der Waals surface area (Å²) in [6.07, 6.45) is 7.31. The maximum atomic E-state index is 12.3. The highest BCUT2D eigenvalue weighted by Crippen LogP contribution is 2.71. The molecule has 1 saturated heterocycles. The van der Waals surface area contributed by atoms with Crippen LogP contribution in [-0.4, -0.2) is 32.5 Å². The predicted octanol–water partition coefficient (Wildman–Crippen LogP) is 4.02. The van der Waals surface area contributed by atoms with Crippen molar-refractivity contribution in [3.8, 4) is 5.69 Å². The Morgan fingerprint density at radius 2 is 1.87 bits per heavy atom. The fraction of sp³-hybridized carbons (Fsp3) is 0.640. The number of para-hydroxylation sites is 1. The molecule has 1 aromatic heterocycles. The molecule has 0 radical (unpaired) electrons. The van der Waals surface area contributed by atoms with Crippen molar-refractivity contribution < 1.29 is 9.53 Å². The van der Waals surface area contributed by atoms with Crippen LogP contribution in [-0.2, 0) is 21.4 Å². The molecule has 0 N–H and O–H groups in total. The van der Waals surface area contributed by atoms with Crippen molar-refractivity contribution in [1.82, 2.24) is 15.0 Å². The number of nitrogens with zero attached hydrogens (tertiary/aromatic N) is 3. The smallest absolute Gasteiger partial charge is 0.164 e. The molecule has 30 heavy (non-hydrogen) atoms. The maximum absolute atomic E-state index is 12.3. The predicted molar refractivity (Wildman–Crippen MR) is 111 cm³/mol. The largest absolute Gasteiger partial charge is 0.357 e. The van der Waals surface area contributed by atoms with E-state index in [1.165, 1.54) is 30.7 Å². The van der Waals surface area contributed by atoms with E-state index in [-0.39, 0.29) is 22.5 Å². The van der Waals surface area contributed by atoms with Gasteiger partial charge in [0.2, 0.25) is 0 Å². The van der Waals surface area contributed by atoms with Crippen molar-refractivity contribution in [3.05, 3.63) is 41.7 Å². The molecule has 3 saturated carbocycles. The number of Topliss-reactive ketones (excluding diaryl/α,β-unsaturated/α-hetero) is 1. The Balaban J connectivity index is 1.23. The fourth-order valence-corrected chi connectivity index (χ4v) is 8.29. The van der Waals surface area contributed by atoms with Crippen LogP contribution in [0.1, 0.15) is 63.8 Å². The van der Waals surface area contributed by atoms with Gasteiger partial charge >= 0.3 is 0 Å². The van der Waals surface area contributed by atoms with Crippen LogP contribution in [0.4, 0.5) is 0 Å². The van der Waals surface area contributed by atoms with E-state index >= 15 is 0 Å². The zero-order chi connectivity index (χ0) is 20.3. The summed E-state index contributed by atoms with van der Waals surface area (Å²) in [6.45, 7) is 4.89. The molecule has 2 heterocycles. The standard InChI is InChI=1S/C25H29N3O2/c1-23-11-9-17-16(8-13-25-22(30-25)20(29)10-12-24(17,25)2)18(23)14-19-21(23)27-28(26-19)15-6-4-3-5-7-15/h3-7,16-18,22H,8-14H2,1-2H3/t16-,17+,18+,22+,23+,24-,25+/m1/s1. The SMILES string of the molecule is C[C@]12CC[C@H]3[C@@H](CC[C@]45O[C@H]4C(=O)CC[C@]35C)[C@@H]1Cc1nn(-c3ccccc3)nc12. The summed E-state index contributed by atoms with van der Waals surface area (Å²) in [5, 5.41) is 9.96. The van der Waals surface area contributed by atoms with E-state index < -0.39 is 0 Å². The van der Waals surface area contributed by atoms with Gasteiger partial charge in [0.1, 0.15) is 11.7 Å². The molecule has 4 aliphatic carbocycles. The number of rotatable bonds is 1. The average molecular weight is 404 g/mol. The van der Waals surface area contributed by atoms with E-state index in [0.717, 1.165) is 24.9 Å². The fourth-order valence-electron chi connectivity index (χ4n) is 8.29. The normalized spacial score (nSPS) is 45.7. The maximum Gasteiger partial charge on any atom is 0.164 e. The Kier molecular flexibility index (Phi) is 3.19. The molecule has 5 heteroatoms. The van der Waals surface area contributed by atoms with Gasteiger partial charge in [-0.05, 0) is 68.4 Å². The molecule has 4 fully saturated rings. The Hall–Kier alpha value is -2.01. The van der Waals surface area contributed by atoms with Crippen molar-refractivity contribution >= 4 is 5.78 Å². The number of ether oxygens (including phenoxy) is 1. The highest BCUT2D eigenvalue weighted by molar-refractivity contribution is 5.88. The summed E-state index contributed by atoms with van der Waals surface area (Å²) >= 11 is 0. The van der Waals surface area contributed by atoms with Gasteiger partial charge in [-0.15, -0.1) is 0 Å². The van der Waals surface area contributed by atoms with Gasteiger partial charge in [0, 0.05) is 17.3 Å². The number of aromatic nitrogens is 3. The molecule has 7 rings (SSSR count). The number of benzene rings is 1. The van der Waals surface area contributed by atoms with Gasteiger partial charge in [0.15, 0.2) is 5.78 Å². The van der Waals surface area contributed by atoms with Gasteiger partial charge in [-0.3, -0.25) is 4.79 Å². The second-order valence-electron chi connectivity index (χ2n) is 11.0. The molecule has 5 nitrogen and oxygen atoms in total. The first-order valence-electron chi connectivity index (χ1n) is 11.7. The van der Waals surface area contributed by atoms with E-state index in [4.69, 9.17) is 14.9 Å². The quantitative estimate of drug-likeness (QED) is 0.675. The van der Waals surface area contributed by atoms with Gasteiger partial charge in [0.25, 0.3) is 0 Å². The molecule has 0 amide bonds. The number of ketones is 1. The Bertz CT molecular complexity index is 1060. The molecule has 5 aliphatic rings. The number of carbonyl (C=O) groups excluding carboxylic acids is 1. The van der Waals surface area contributed by atoms with Gasteiger partial charge in [-0.2, -0.15) is 15.0 Å². The Morgan fingerprint density at radius 3 is 2.70 bits per heavy atom. The van der Waals surface area contributed by atoms with Crippen LogP contribution in [0.2, 0.25) is 0 Å². The lowest BCUT2D eigenvalue weighted by atomic mass is 9.45. The van der Waals surface area contributed by atoms with Crippen LogP contribution in [0.25, 0.3) is 5.69 Å². The Labute approximate surface area is 177 Å². The number of fused-ring (bicyclic) bond motifs is 6. The molecule has 1 aromatic carbocycles. The summed E-state index contributed by atoms with van der Waals surface area (Å²) in [7, 11) is 0. The molecule has 156 valence electrons. The third-order valence-electron chi connectivity index (χ3n) is 9.96. The van der Waals surface area contributed by atoms with Gasteiger partial charge in [-0.1, -0.05) is 32.0 Å². The van der Waals surface area contributed by atoms with E-state index in [0.29, 0.717) is 30.0 Å².